The molecule has 18 heteroatoms. The topological polar surface area (TPSA) is 158 Å². The number of fused-ring (bicyclic) bond motifs is 1. The molecule has 2 aromatic heterocycles. The van der Waals surface area contributed by atoms with Crippen molar-refractivity contribution in [3.05, 3.63) is 29.9 Å². The highest BCUT2D eigenvalue weighted by Crippen LogP contribution is 2.18. The number of nitrogens with zero attached hydrogens (tertiary/aromatic N) is 6. The van der Waals surface area contributed by atoms with Gasteiger partial charge in [-0.05, 0) is 32.4 Å². The number of hydrogen-bond donors (Lipinski definition) is 3. The highest BCUT2D eigenvalue weighted by molar-refractivity contribution is 5.92. The van der Waals surface area contributed by atoms with Crippen molar-refractivity contribution >= 4 is 17.8 Å². The Kier molecular flexibility index (Phi) is 10.6. The predicted molar refractivity (Wildman–Crippen MR) is 114 cm³/mol. The smallest absolute Gasteiger partial charge is 0.475 e. The monoisotopic (exact) mass is 557 g/mol. The number of nitrogens with one attached hydrogen (secondary N) is 1. The number of rotatable bonds is 3. The maximum absolute atomic E-state index is 12.5. The van der Waals surface area contributed by atoms with E-state index < -0.39 is 24.3 Å². The number of hydrogen-bond acceptors (Lipinski definition) is 7. The molecule has 0 spiro atoms. The molecule has 1 amide bonds. The van der Waals surface area contributed by atoms with Gasteiger partial charge in [-0.15, -0.1) is 10.2 Å². The Morgan fingerprint density at radius 3 is 1.95 bits per heavy atom. The zero-order valence-corrected chi connectivity index (χ0v) is 19.8. The van der Waals surface area contributed by atoms with Crippen LogP contribution in [0.1, 0.15) is 47.8 Å². The van der Waals surface area contributed by atoms with Gasteiger partial charge < -0.3 is 24.7 Å². The Morgan fingerprint density at radius 1 is 0.868 bits per heavy atom. The number of imidazole rings is 1. The number of carbonyl (C=O) groups excluding carboxylic acids is 1. The van der Waals surface area contributed by atoms with Crippen LogP contribution in [0.2, 0.25) is 0 Å². The first-order chi connectivity index (χ1) is 17.7. The lowest BCUT2D eigenvalue weighted by Crippen LogP contribution is -2.31. The van der Waals surface area contributed by atoms with E-state index in [0.29, 0.717) is 12.2 Å². The minimum absolute atomic E-state index is 0.0264. The summed E-state index contributed by atoms with van der Waals surface area (Å²) in [4.78, 5) is 41.4. The SMILES string of the molecule is O=C(O)C(F)(F)F.O=C(O)C(F)(F)F.O=C(c1cnc[nH]1)N1CCCn2c(CN3CCCCC3)nnc2C1. The Bertz CT molecular complexity index is 1040. The van der Waals surface area contributed by atoms with E-state index in [1.165, 1.54) is 25.6 Å². The quantitative estimate of drug-likeness (QED) is 0.482. The van der Waals surface area contributed by atoms with Crippen molar-refractivity contribution in [2.75, 3.05) is 19.6 Å². The highest BCUT2D eigenvalue weighted by Gasteiger charge is 2.38. The lowest BCUT2D eigenvalue weighted by molar-refractivity contribution is -0.193. The zero-order chi connectivity index (χ0) is 28.5. The number of aromatic nitrogens is 5. The Balaban J connectivity index is 0.000000301. The van der Waals surface area contributed by atoms with Crippen LogP contribution in [0.3, 0.4) is 0 Å². The number of alkyl halides is 6. The third-order valence-electron chi connectivity index (χ3n) is 5.36. The molecule has 12 nitrogen and oxygen atoms in total. The second-order valence-corrected chi connectivity index (χ2v) is 8.17. The normalized spacial score (nSPS) is 16.2. The number of amides is 1. The van der Waals surface area contributed by atoms with Gasteiger partial charge in [0.2, 0.25) is 0 Å². The summed E-state index contributed by atoms with van der Waals surface area (Å²) in [6, 6.07) is 0. The molecule has 2 aromatic rings. The van der Waals surface area contributed by atoms with Crippen LogP contribution >= 0.6 is 0 Å². The molecule has 0 saturated carbocycles. The van der Waals surface area contributed by atoms with Crippen LogP contribution in [0.4, 0.5) is 26.3 Å². The summed E-state index contributed by atoms with van der Waals surface area (Å²) in [6.45, 7) is 5.26. The lowest BCUT2D eigenvalue weighted by atomic mass is 10.1. The van der Waals surface area contributed by atoms with E-state index in [-0.39, 0.29) is 5.91 Å². The van der Waals surface area contributed by atoms with Crippen molar-refractivity contribution in [2.45, 2.75) is 57.7 Å². The average Bonchev–Trinajstić information content (AvgIpc) is 3.44. The fourth-order valence-corrected chi connectivity index (χ4v) is 3.57. The first-order valence-electron chi connectivity index (χ1n) is 11.2. The summed E-state index contributed by atoms with van der Waals surface area (Å²) in [5.41, 5.74) is 0.525. The Hall–Kier alpha value is -3.70. The molecule has 0 bridgehead atoms. The van der Waals surface area contributed by atoms with E-state index in [4.69, 9.17) is 19.8 Å². The van der Waals surface area contributed by atoms with Gasteiger partial charge in [0.05, 0.1) is 25.6 Å². The first kappa shape index (κ1) is 30.5. The molecule has 2 aliphatic rings. The summed E-state index contributed by atoms with van der Waals surface area (Å²) in [5, 5.41) is 23.0. The minimum atomic E-state index is -5.08. The van der Waals surface area contributed by atoms with Crippen molar-refractivity contribution in [1.29, 1.82) is 0 Å². The third kappa shape index (κ3) is 9.31. The van der Waals surface area contributed by atoms with Crippen molar-refractivity contribution in [3.63, 3.8) is 0 Å². The molecule has 212 valence electrons. The highest BCUT2D eigenvalue weighted by atomic mass is 19.4. The average molecular weight is 557 g/mol. The number of piperidine rings is 1. The van der Waals surface area contributed by atoms with Gasteiger partial charge >= 0.3 is 24.3 Å². The van der Waals surface area contributed by atoms with E-state index in [0.717, 1.165) is 50.8 Å². The van der Waals surface area contributed by atoms with E-state index in [1.54, 1.807) is 6.20 Å². The molecule has 4 rings (SSSR count). The number of carboxylic acids is 2. The van der Waals surface area contributed by atoms with Gasteiger partial charge in [-0.1, -0.05) is 6.42 Å². The number of halogens is 6. The molecular formula is C20H25F6N7O5. The summed E-state index contributed by atoms with van der Waals surface area (Å²) in [6.07, 6.45) is -2.28. The van der Waals surface area contributed by atoms with E-state index in [9.17, 15) is 31.1 Å². The standard InChI is InChI=1S/C16H23N7O.2C2HF3O2/c24-16(13-9-17-12-18-13)22-7-4-8-23-14(19-20-15(23)11-22)10-21-5-2-1-3-6-21;2*3-2(4,5)1(6)7/h9,12H,1-8,10-11H2,(H,17,18);2*(H,6,7). The van der Waals surface area contributed by atoms with Gasteiger partial charge in [0.1, 0.15) is 11.5 Å². The van der Waals surface area contributed by atoms with Crippen molar-refractivity contribution < 1.29 is 50.9 Å². The molecule has 0 atom stereocenters. The molecule has 0 radical (unpaired) electrons. The zero-order valence-electron chi connectivity index (χ0n) is 19.8. The molecule has 1 fully saturated rings. The van der Waals surface area contributed by atoms with Gasteiger partial charge in [-0.25, -0.2) is 14.6 Å². The fourth-order valence-electron chi connectivity index (χ4n) is 3.57. The van der Waals surface area contributed by atoms with Crippen LogP contribution in [0.25, 0.3) is 0 Å². The van der Waals surface area contributed by atoms with Crippen molar-refractivity contribution in [2.24, 2.45) is 0 Å². The molecule has 38 heavy (non-hydrogen) atoms. The van der Waals surface area contributed by atoms with E-state index in [2.05, 4.69) is 29.6 Å². The minimum Gasteiger partial charge on any atom is -0.475 e. The number of carbonyl (C=O) groups is 3. The van der Waals surface area contributed by atoms with Crippen molar-refractivity contribution in [3.8, 4) is 0 Å². The summed E-state index contributed by atoms with van der Waals surface area (Å²) < 4.78 is 65.7. The van der Waals surface area contributed by atoms with E-state index in [1.807, 2.05) is 4.90 Å². The number of H-pyrrole nitrogens is 1. The molecule has 4 heterocycles. The number of aliphatic carboxylic acids is 2. The molecule has 0 aliphatic carbocycles. The third-order valence-corrected chi connectivity index (χ3v) is 5.36. The largest absolute Gasteiger partial charge is 0.490 e. The van der Waals surface area contributed by atoms with Crippen LogP contribution in [0.5, 0.6) is 0 Å². The van der Waals surface area contributed by atoms with Crippen LogP contribution in [0, 0.1) is 0 Å². The van der Waals surface area contributed by atoms with Crippen LogP contribution in [0.15, 0.2) is 12.5 Å². The Morgan fingerprint density at radius 2 is 1.45 bits per heavy atom. The second-order valence-electron chi connectivity index (χ2n) is 8.17. The van der Waals surface area contributed by atoms with Crippen molar-refractivity contribution in [1.82, 2.24) is 34.5 Å². The van der Waals surface area contributed by atoms with Crippen LogP contribution < -0.4 is 0 Å². The van der Waals surface area contributed by atoms with Gasteiger partial charge in [0.25, 0.3) is 5.91 Å². The maximum atomic E-state index is 12.5. The van der Waals surface area contributed by atoms with Gasteiger partial charge in [-0.2, -0.15) is 26.3 Å². The first-order valence-corrected chi connectivity index (χ1v) is 11.2. The molecule has 0 aromatic carbocycles. The van der Waals surface area contributed by atoms with Crippen LogP contribution in [-0.4, -0.2) is 94.6 Å². The number of aromatic amines is 1. The molecule has 2 aliphatic heterocycles. The van der Waals surface area contributed by atoms with E-state index >= 15 is 0 Å². The summed E-state index contributed by atoms with van der Waals surface area (Å²) in [7, 11) is 0. The maximum Gasteiger partial charge on any atom is 0.490 e. The molecule has 0 unspecified atom stereocenters. The Labute approximate surface area is 211 Å². The number of carboxylic acid groups (broad SMARTS) is 2. The van der Waals surface area contributed by atoms with Gasteiger partial charge in [-0.3, -0.25) is 9.69 Å². The van der Waals surface area contributed by atoms with Crippen LogP contribution in [-0.2, 0) is 29.2 Å². The lowest BCUT2D eigenvalue weighted by Gasteiger charge is -2.25. The molecule has 3 N–H and O–H groups in total. The number of likely N-dealkylation sites (tertiary alicyclic amines) is 1. The summed E-state index contributed by atoms with van der Waals surface area (Å²) in [5.74, 6) is -3.63. The summed E-state index contributed by atoms with van der Waals surface area (Å²) >= 11 is 0. The molecular weight excluding hydrogens is 532 g/mol. The fraction of sp³-hybridized carbons (Fsp3) is 0.600. The molecule has 1 saturated heterocycles. The van der Waals surface area contributed by atoms with Gasteiger partial charge in [0, 0.05) is 13.1 Å². The predicted octanol–water partition coefficient (Wildman–Crippen LogP) is 2.30. The van der Waals surface area contributed by atoms with Gasteiger partial charge in [0.15, 0.2) is 5.82 Å². The second kappa shape index (κ2) is 13.2.